The number of amides is 2. The SMILES string of the molecule is CN(C(=O)c1ccc(C(F)(F)F)c(N(N)C(=O)OC(C)(C)C)c1)c1ccc2c(c1)OCO2. The maximum absolute atomic E-state index is 13.5. The van der Waals surface area contributed by atoms with E-state index in [-0.39, 0.29) is 17.4 Å². The van der Waals surface area contributed by atoms with E-state index in [9.17, 15) is 22.8 Å². The molecule has 32 heavy (non-hydrogen) atoms. The number of nitrogens with zero attached hydrogens (tertiary/aromatic N) is 2. The van der Waals surface area contributed by atoms with E-state index in [0.717, 1.165) is 12.1 Å². The van der Waals surface area contributed by atoms with E-state index in [4.69, 9.17) is 20.1 Å². The fourth-order valence-electron chi connectivity index (χ4n) is 2.92. The van der Waals surface area contributed by atoms with E-state index in [2.05, 4.69) is 0 Å². The Kier molecular flexibility index (Phi) is 5.96. The smallest absolute Gasteiger partial charge is 0.429 e. The van der Waals surface area contributed by atoms with Crippen LogP contribution in [0.15, 0.2) is 36.4 Å². The Labute approximate surface area is 182 Å². The molecule has 172 valence electrons. The van der Waals surface area contributed by atoms with Gasteiger partial charge in [0.05, 0.1) is 11.3 Å². The van der Waals surface area contributed by atoms with E-state index in [1.54, 1.807) is 39.0 Å². The Hall–Kier alpha value is -3.47. The molecule has 0 atom stereocenters. The first-order valence-corrected chi connectivity index (χ1v) is 9.44. The highest BCUT2D eigenvalue weighted by Crippen LogP contribution is 2.38. The molecule has 0 saturated carbocycles. The van der Waals surface area contributed by atoms with Crippen molar-refractivity contribution >= 4 is 23.4 Å². The fraction of sp³-hybridized carbons (Fsp3) is 0.333. The van der Waals surface area contributed by atoms with Gasteiger partial charge in [-0.2, -0.15) is 13.2 Å². The van der Waals surface area contributed by atoms with Crippen LogP contribution in [0.4, 0.5) is 29.3 Å². The van der Waals surface area contributed by atoms with E-state index in [1.165, 1.54) is 11.9 Å². The van der Waals surface area contributed by atoms with Crippen molar-refractivity contribution in [3.8, 4) is 11.5 Å². The minimum Gasteiger partial charge on any atom is -0.454 e. The van der Waals surface area contributed by atoms with Crippen molar-refractivity contribution in [1.29, 1.82) is 0 Å². The molecule has 1 heterocycles. The number of nitrogens with two attached hydrogens (primary N) is 1. The zero-order valence-electron chi connectivity index (χ0n) is 17.8. The minimum absolute atomic E-state index is 0.0513. The lowest BCUT2D eigenvalue weighted by Gasteiger charge is -2.26. The summed E-state index contributed by atoms with van der Waals surface area (Å²) in [4.78, 5) is 26.5. The van der Waals surface area contributed by atoms with Gasteiger partial charge in [0.1, 0.15) is 5.60 Å². The molecule has 0 aromatic heterocycles. The Morgan fingerprint density at radius 2 is 1.69 bits per heavy atom. The number of ether oxygens (including phenoxy) is 3. The first-order chi connectivity index (χ1) is 14.8. The number of carbonyl (C=O) groups is 2. The largest absolute Gasteiger partial charge is 0.454 e. The fourth-order valence-corrected chi connectivity index (χ4v) is 2.92. The Balaban J connectivity index is 1.95. The molecule has 0 radical (unpaired) electrons. The topological polar surface area (TPSA) is 94.3 Å². The molecule has 0 aliphatic carbocycles. The summed E-state index contributed by atoms with van der Waals surface area (Å²) in [5, 5.41) is 0.241. The van der Waals surface area contributed by atoms with Gasteiger partial charge < -0.3 is 19.1 Å². The number of hydrogen-bond donors (Lipinski definition) is 1. The van der Waals surface area contributed by atoms with Crippen molar-refractivity contribution in [3.63, 3.8) is 0 Å². The molecule has 0 unspecified atom stereocenters. The van der Waals surface area contributed by atoms with E-state index >= 15 is 0 Å². The van der Waals surface area contributed by atoms with Crippen LogP contribution in [-0.2, 0) is 10.9 Å². The van der Waals surface area contributed by atoms with Crippen LogP contribution in [0.3, 0.4) is 0 Å². The molecule has 0 spiro atoms. The molecule has 2 N–H and O–H groups in total. The standard InChI is InChI=1S/C21H22F3N3O5/c1-20(2,3)32-19(29)27(25)15-9-12(5-7-14(15)21(22,23)24)18(28)26(4)13-6-8-16-17(10-13)31-11-30-16/h5-10H,11,25H2,1-4H3. The zero-order valence-corrected chi connectivity index (χ0v) is 17.8. The van der Waals surface area contributed by atoms with Crippen LogP contribution in [0.5, 0.6) is 11.5 Å². The first-order valence-electron chi connectivity index (χ1n) is 9.44. The summed E-state index contributed by atoms with van der Waals surface area (Å²) in [7, 11) is 1.45. The molecule has 0 saturated heterocycles. The van der Waals surface area contributed by atoms with Crippen LogP contribution >= 0.6 is 0 Å². The number of hydrazine groups is 1. The van der Waals surface area contributed by atoms with Crippen LogP contribution in [0.1, 0.15) is 36.7 Å². The second-order valence-electron chi connectivity index (χ2n) is 7.98. The summed E-state index contributed by atoms with van der Waals surface area (Å²) in [5.41, 5.74) is -2.57. The van der Waals surface area contributed by atoms with Crippen LogP contribution in [0, 0.1) is 0 Å². The predicted octanol–water partition coefficient (Wildman–Crippen LogP) is 4.33. The van der Waals surface area contributed by atoms with E-state index < -0.39 is 35.0 Å². The number of benzene rings is 2. The summed E-state index contributed by atoms with van der Waals surface area (Å²) < 4.78 is 56.2. The average molecular weight is 453 g/mol. The van der Waals surface area contributed by atoms with Gasteiger partial charge in [-0.15, -0.1) is 0 Å². The molecule has 8 nitrogen and oxygen atoms in total. The normalized spacial score (nSPS) is 13.0. The van der Waals surface area contributed by atoms with Crippen molar-refractivity contribution in [2.75, 3.05) is 23.7 Å². The van der Waals surface area contributed by atoms with Crippen molar-refractivity contribution in [2.24, 2.45) is 5.84 Å². The summed E-state index contributed by atoms with van der Waals surface area (Å²) in [5.74, 6) is 5.99. The van der Waals surface area contributed by atoms with Crippen LogP contribution in [0.25, 0.3) is 0 Å². The summed E-state index contributed by atoms with van der Waals surface area (Å²) in [6.07, 6.45) is -6.02. The van der Waals surface area contributed by atoms with Gasteiger partial charge in [0, 0.05) is 24.4 Å². The molecule has 0 bridgehead atoms. The van der Waals surface area contributed by atoms with Crippen LogP contribution in [0.2, 0.25) is 0 Å². The number of carbonyl (C=O) groups excluding carboxylic acids is 2. The highest BCUT2D eigenvalue weighted by Gasteiger charge is 2.37. The molecule has 2 aromatic rings. The van der Waals surface area contributed by atoms with E-state index in [0.29, 0.717) is 23.3 Å². The second kappa shape index (κ2) is 8.23. The molecule has 1 aliphatic rings. The van der Waals surface area contributed by atoms with Crippen molar-refractivity contribution in [2.45, 2.75) is 32.5 Å². The molecule has 11 heteroatoms. The average Bonchev–Trinajstić information content (AvgIpc) is 3.17. The van der Waals surface area contributed by atoms with Gasteiger partial charge in [-0.1, -0.05) is 0 Å². The lowest BCUT2D eigenvalue weighted by Crippen LogP contribution is -2.42. The molecule has 0 fully saturated rings. The Morgan fingerprint density at radius 1 is 1.03 bits per heavy atom. The van der Waals surface area contributed by atoms with Crippen molar-refractivity contribution in [1.82, 2.24) is 0 Å². The third-order valence-corrected chi connectivity index (χ3v) is 4.45. The molecular formula is C21H22F3N3O5. The summed E-state index contributed by atoms with van der Waals surface area (Å²) >= 11 is 0. The Morgan fingerprint density at radius 3 is 2.31 bits per heavy atom. The van der Waals surface area contributed by atoms with Gasteiger partial charge in [0.15, 0.2) is 11.5 Å². The molecule has 3 rings (SSSR count). The molecule has 2 amide bonds. The minimum atomic E-state index is -4.82. The summed E-state index contributed by atoms with van der Waals surface area (Å²) in [6.45, 7) is 4.69. The second-order valence-corrected chi connectivity index (χ2v) is 7.98. The number of alkyl halides is 3. The number of anilines is 2. The third kappa shape index (κ3) is 4.88. The molecule has 1 aliphatic heterocycles. The number of hydrogen-bond acceptors (Lipinski definition) is 6. The number of rotatable bonds is 3. The van der Waals surface area contributed by atoms with E-state index in [1.807, 2.05) is 0 Å². The Bertz CT molecular complexity index is 1050. The lowest BCUT2D eigenvalue weighted by molar-refractivity contribution is -0.137. The monoisotopic (exact) mass is 453 g/mol. The van der Waals surface area contributed by atoms with Crippen molar-refractivity contribution in [3.05, 3.63) is 47.5 Å². The van der Waals surface area contributed by atoms with Gasteiger partial charge in [0.2, 0.25) is 6.79 Å². The van der Waals surface area contributed by atoms with Gasteiger partial charge >= 0.3 is 12.3 Å². The van der Waals surface area contributed by atoms with Crippen LogP contribution in [-0.4, -0.2) is 31.4 Å². The molecular weight excluding hydrogens is 431 g/mol. The maximum Gasteiger partial charge on any atom is 0.429 e. The highest BCUT2D eigenvalue weighted by atomic mass is 19.4. The maximum atomic E-state index is 13.5. The highest BCUT2D eigenvalue weighted by molar-refractivity contribution is 6.07. The quantitative estimate of drug-likeness (QED) is 0.423. The first kappa shape index (κ1) is 23.2. The lowest BCUT2D eigenvalue weighted by atomic mass is 10.1. The predicted molar refractivity (Wildman–Crippen MR) is 110 cm³/mol. The van der Waals surface area contributed by atoms with Crippen LogP contribution < -0.4 is 25.2 Å². The summed E-state index contributed by atoms with van der Waals surface area (Å²) in [6, 6.07) is 7.40. The van der Waals surface area contributed by atoms with Crippen molar-refractivity contribution < 1.29 is 37.0 Å². The zero-order chi connectivity index (χ0) is 23.8. The number of fused-ring (bicyclic) bond motifs is 1. The van der Waals surface area contributed by atoms with Gasteiger partial charge in [-0.25, -0.2) is 15.6 Å². The van der Waals surface area contributed by atoms with Gasteiger partial charge in [-0.05, 0) is 51.1 Å². The number of halogens is 3. The van der Waals surface area contributed by atoms with Gasteiger partial charge in [-0.3, -0.25) is 4.79 Å². The molecule has 2 aromatic carbocycles. The third-order valence-electron chi connectivity index (χ3n) is 4.45. The van der Waals surface area contributed by atoms with Gasteiger partial charge in [0.25, 0.3) is 5.91 Å².